The van der Waals surface area contributed by atoms with Gasteiger partial charge in [0, 0.05) is 25.5 Å². The Hall–Kier alpha value is -1.26. The maximum Gasteiger partial charge on any atom is 0.0868 e. The summed E-state index contributed by atoms with van der Waals surface area (Å²) in [5.41, 5.74) is 3.33. The van der Waals surface area contributed by atoms with E-state index in [1.807, 2.05) is 18.8 Å². The van der Waals surface area contributed by atoms with Crippen molar-refractivity contribution in [1.82, 2.24) is 19.7 Å². The van der Waals surface area contributed by atoms with Crippen LogP contribution < -0.4 is 5.32 Å². The average molecular weight is 309 g/mol. The number of aryl methyl sites for hydroxylation is 2. The first-order valence-electron chi connectivity index (χ1n) is 7.51. The molecule has 0 aliphatic heterocycles. The van der Waals surface area contributed by atoms with Crippen molar-refractivity contribution < 1.29 is 0 Å². The molecule has 1 N–H and O–H groups in total. The quantitative estimate of drug-likeness (QED) is 0.887. The zero-order chi connectivity index (χ0) is 15.6. The Labute approximate surface area is 132 Å². The maximum atomic E-state index is 6.42. The normalized spacial score (nSPS) is 13.1. The van der Waals surface area contributed by atoms with Crippen molar-refractivity contribution in [2.45, 2.75) is 39.8 Å². The molecule has 1 unspecified atom stereocenters. The second-order valence-electron chi connectivity index (χ2n) is 5.81. The molecule has 0 aliphatic carbocycles. The standard InChI is InChI=1S/C16H25ClN4/c1-6-13-15(17)14(20(5)19-13)10-21-8-7-12(9-21)16(18-4)11(2)3/h7-9,11,16,18H,6,10H2,1-5H3. The lowest BCUT2D eigenvalue weighted by Gasteiger charge is -2.18. The highest BCUT2D eigenvalue weighted by molar-refractivity contribution is 6.31. The van der Waals surface area contributed by atoms with Crippen LogP contribution in [0.4, 0.5) is 0 Å². The van der Waals surface area contributed by atoms with Crippen molar-refractivity contribution in [2.24, 2.45) is 13.0 Å². The summed E-state index contributed by atoms with van der Waals surface area (Å²) < 4.78 is 4.06. The fourth-order valence-electron chi connectivity index (χ4n) is 2.79. The van der Waals surface area contributed by atoms with Gasteiger partial charge in [-0.1, -0.05) is 32.4 Å². The van der Waals surface area contributed by atoms with E-state index in [9.17, 15) is 0 Å². The summed E-state index contributed by atoms with van der Waals surface area (Å²) in [6.07, 6.45) is 5.16. The van der Waals surface area contributed by atoms with E-state index < -0.39 is 0 Å². The van der Waals surface area contributed by atoms with Crippen LogP contribution in [0.15, 0.2) is 18.5 Å². The zero-order valence-corrected chi connectivity index (χ0v) is 14.3. The highest BCUT2D eigenvalue weighted by Crippen LogP contribution is 2.24. The first-order valence-corrected chi connectivity index (χ1v) is 7.88. The first kappa shape index (κ1) is 16.1. The predicted octanol–water partition coefficient (Wildman–Crippen LogP) is 3.40. The first-order chi connectivity index (χ1) is 9.97. The molecule has 4 nitrogen and oxygen atoms in total. The summed E-state index contributed by atoms with van der Waals surface area (Å²) >= 11 is 6.42. The van der Waals surface area contributed by atoms with E-state index >= 15 is 0 Å². The van der Waals surface area contributed by atoms with Crippen molar-refractivity contribution in [1.29, 1.82) is 0 Å². The summed E-state index contributed by atoms with van der Waals surface area (Å²) in [5.74, 6) is 0.554. The molecule has 0 amide bonds. The molecular weight excluding hydrogens is 284 g/mol. The van der Waals surface area contributed by atoms with Gasteiger partial charge in [0.25, 0.3) is 0 Å². The lowest BCUT2D eigenvalue weighted by molar-refractivity contribution is 0.442. The average Bonchev–Trinajstić information content (AvgIpc) is 2.99. The van der Waals surface area contributed by atoms with Crippen LogP contribution in [0.1, 0.15) is 43.8 Å². The van der Waals surface area contributed by atoms with Gasteiger partial charge in [-0.2, -0.15) is 5.10 Å². The molecule has 116 valence electrons. The van der Waals surface area contributed by atoms with Crippen molar-refractivity contribution >= 4 is 11.6 Å². The molecule has 0 radical (unpaired) electrons. The van der Waals surface area contributed by atoms with E-state index in [2.05, 4.69) is 54.2 Å². The molecule has 0 spiro atoms. The Morgan fingerprint density at radius 2 is 2.10 bits per heavy atom. The number of hydrogen-bond acceptors (Lipinski definition) is 2. The van der Waals surface area contributed by atoms with E-state index in [1.165, 1.54) is 5.56 Å². The molecule has 0 saturated carbocycles. The van der Waals surface area contributed by atoms with E-state index in [4.69, 9.17) is 11.6 Å². The molecule has 0 fully saturated rings. The van der Waals surface area contributed by atoms with Gasteiger partial charge >= 0.3 is 0 Å². The zero-order valence-electron chi connectivity index (χ0n) is 13.5. The highest BCUT2D eigenvalue weighted by Gasteiger charge is 2.16. The molecule has 2 aromatic heterocycles. The van der Waals surface area contributed by atoms with E-state index in [0.29, 0.717) is 12.0 Å². The number of rotatable bonds is 6. The molecule has 0 aliphatic rings. The summed E-state index contributed by atoms with van der Waals surface area (Å²) in [5, 5.41) is 8.64. The van der Waals surface area contributed by atoms with Gasteiger partial charge in [0.1, 0.15) is 0 Å². The Balaban J connectivity index is 2.22. The Bertz CT molecular complexity index is 597. The van der Waals surface area contributed by atoms with Crippen LogP contribution in [-0.4, -0.2) is 21.4 Å². The second-order valence-corrected chi connectivity index (χ2v) is 6.19. The summed E-state index contributed by atoms with van der Waals surface area (Å²) in [6.45, 7) is 7.27. The molecule has 0 bridgehead atoms. The van der Waals surface area contributed by atoms with Gasteiger partial charge in [-0.05, 0) is 31.0 Å². The van der Waals surface area contributed by atoms with Gasteiger partial charge in [-0.15, -0.1) is 0 Å². The van der Waals surface area contributed by atoms with Crippen LogP contribution in [0.2, 0.25) is 5.02 Å². The predicted molar refractivity (Wildman–Crippen MR) is 87.8 cm³/mol. The molecule has 2 aromatic rings. The number of halogens is 1. The van der Waals surface area contributed by atoms with Gasteiger partial charge in [0.05, 0.1) is 23.0 Å². The van der Waals surface area contributed by atoms with Gasteiger partial charge in [-0.25, -0.2) is 0 Å². The molecule has 2 heterocycles. The van der Waals surface area contributed by atoms with Crippen molar-refractivity contribution in [2.75, 3.05) is 7.05 Å². The maximum absolute atomic E-state index is 6.42. The number of aromatic nitrogens is 3. The fraction of sp³-hybridized carbons (Fsp3) is 0.562. The Kier molecular flexibility index (Phi) is 5.12. The Morgan fingerprint density at radius 3 is 2.62 bits per heavy atom. The van der Waals surface area contributed by atoms with E-state index in [1.54, 1.807) is 0 Å². The minimum absolute atomic E-state index is 0.375. The molecule has 5 heteroatoms. The van der Waals surface area contributed by atoms with Gasteiger partial charge < -0.3 is 9.88 Å². The summed E-state index contributed by atoms with van der Waals surface area (Å²) in [4.78, 5) is 0. The van der Waals surface area contributed by atoms with Crippen LogP contribution in [0.25, 0.3) is 0 Å². The molecule has 1 atom stereocenters. The third kappa shape index (κ3) is 3.33. The van der Waals surface area contributed by atoms with Crippen LogP contribution in [0, 0.1) is 5.92 Å². The molecular formula is C16H25ClN4. The molecule has 2 rings (SSSR count). The number of nitrogens with zero attached hydrogens (tertiary/aromatic N) is 3. The lowest BCUT2D eigenvalue weighted by Crippen LogP contribution is -2.21. The minimum atomic E-state index is 0.375. The molecule has 21 heavy (non-hydrogen) atoms. The van der Waals surface area contributed by atoms with Crippen molar-refractivity contribution in [3.05, 3.63) is 40.4 Å². The summed E-state index contributed by atoms with van der Waals surface area (Å²) in [7, 11) is 3.96. The Morgan fingerprint density at radius 1 is 1.38 bits per heavy atom. The van der Waals surface area contributed by atoms with Crippen LogP contribution in [0.5, 0.6) is 0 Å². The van der Waals surface area contributed by atoms with Crippen LogP contribution in [0.3, 0.4) is 0 Å². The number of nitrogens with one attached hydrogen (secondary N) is 1. The van der Waals surface area contributed by atoms with E-state index in [0.717, 1.165) is 29.4 Å². The third-order valence-corrected chi connectivity index (χ3v) is 4.38. The topological polar surface area (TPSA) is 34.8 Å². The third-order valence-electron chi connectivity index (χ3n) is 3.95. The van der Waals surface area contributed by atoms with Gasteiger partial charge in [0.15, 0.2) is 0 Å². The minimum Gasteiger partial charge on any atom is -0.348 e. The SMILES string of the molecule is CCc1nn(C)c(Cn2ccc(C(NC)C(C)C)c2)c1Cl. The van der Waals surface area contributed by atoms with Crippen molar-refractivity contribution in [3.63, 3.8) is 0 Å². The van der Waals surface area contributed by atoms with E-state index in [-0.39, 0.29) is 0 Å². The van der Waals surface area contributed by atoms with Crippen LogP contribution >= 0.6 is 11.6 Å². The monoisotopic (exact) mass is 308 g/mol. The summed E-state index contributed by atoms with van der Waals surface area (Å²) in [6, 6.07) is 2.55. The smallest absolute Gasteiger partial charge is 0.0868 e. The lowest BCUT2D eigenvalue weighted by atomic mass is 9.99. The largest absolute Gasteiger partial charge is 0.348 e. The van der Waals surface area contributed by atoms with Crippen LogP contribution in [-0.2, 0) is 20.0 Å². The molecule has 0 saturated heterocycles. The second kappa shape index (κ2) is 6.67. The highest BCUT2D eigenvalue weighted by atomic mass is 35.5. The van der Waals surface area contributed by atoms with Gasteiger partial charge in [0.2, 0.25) is 0 Å². The van der Waals surface area contributed by atoms with Crippen molar-refractivity contribution in [3.8, 4) is 0 Å². The number of hydrogen-bond donors (Lipinski definition) is 1. The molecule has 0 aromatic carbocycles. The fourth-order valence-corrected chi connectivity index (χ4v) is 3.14. The van der Waals surface area contributed by atoms with Gasteiger partial charge in [-0.3, -0.25) is 4.68 Å².